The van der Waals surface area contributed by atoms with Crippen molar-refractivity contribution >= 4 is 40.0 Å². The molecule has 154 valence electrons. The number of anilines is 1. The molecule has 5 rings (SSSR count). The van der Waals surface area contributed by atoms with Crippen LogP contribution in [0.1, 0.15) is 21.7 Å². The molecule has 1 aliphatic heterocycles. The van der Waals surface area contributed by atoms with Crippen LogP contribution in [0.25, 0.3) is 10.9 Å². The van der Waals surface area contributed by atoms with Gasteiger partial charge in [-0.25, -0.2) is 0 Å². The van der Waals surface area contributed by atoms with E-state index in [1.54, 1.807) is 29.3 Å². The number of carbonyl (C=O) groups excluding carboxylic acids is 2. The smallest absolute Gasteiger partial charge is 0.268 e. The van der Waals surface area contributed by atoms with Gasteiger partial charge in [0.1, 0.15) is 11.7 Å². The first kappa shape index (κ1) is 19.3. The molecule has 0 aliphatic carbocycles. The Hall–Kier alpha value is -3.64. The minimum atomic E-state index is -0.666. The zero-order valence-corrected chi connectivity index (χ0v) is 17.3. The summed E-state index contributed by atoms with van der Waals surface area (Å²) >= 11 is 6.04. The number of hydrogen-bond donors (Lipinski definition) is 2. The standard InChI is InChI=1S/C24H19ClN4O2/c25-17-8-9-19-16(11-17)13-20(27-19)23(30)28-21-12-15-5-1-2-7-22(15)29(24(21)31)14-18-6-3-4-10-26-18/h1-11,13,21,27H,12,14H2,(H,28,30)/t21-/m1/s1. The quantitative estimate of drug-likeness (QED) is 0.511. The second kappa shape index (κ2) is 7.89. The van der Waals surface area contributed by atoms with E-state index >= 15 is 0 Å². The second-order valence-electron chi connectivity index (χ2n) is 7.52. The maximum absolute atomic E-state index is 13.3. The molecule has 0 saturated carbocycles. The molecular weight excluding hydrogens is 412 g/mol. The van der Waals surface area contributed by atoms with Gasteiger partial charge in [-0.2, -0.15) is 0 Å². The van der Waals surface area contributed by atoms with Crippen molar-refractivity contribution in [3.8, 4) is 0 Å². The van der Waals surface area contributed by atoms with Gasteiger partial charge in [0, 0.05) is 34.2 Å². The number of nitrogens with one attached hydrogen (secondary N) is 2. The summed E-state index contributed by atoms with van der Waals surface area (Å²) in [6, 6.07) is 19.8. The number of halogens is 1. The van der Waals surface area contributed by atoms with Crippen LogP contribution in [0.3, 0.4) is 0 Å². The largest absolute Gasteiger partial charge is 0.351 e. The highest BCUT2D eigenvalue weighted by atomic mass is 35.5. The molecule has 2 aromatic carbocycles. The number of hydrogen-bond acceptors (Lipinski definition) is 3. The van der Waals surface area contributed by atoms with Crippen molar-refractivity contribution < 1.29 is 9.59 Å². The topological polar surface area (TPSA) is 78.1 Å². The Morgan fingerprint density at radius 3 is 2.81 bits per heavy atom. The predicted octanol–water partition coefficient (Wildman–Crippen LogP) is 4.10. The third-order valence-electron chi connectivity index (χ3n) is 5.45. The zero-order chi connectivity index (χ0) is 21.4. The van der Waals surface area contributed by atoms with Crippen molar-refractivity contribution in [2.75, 3.05) is 4.90 Å². The molecule has 7 heteroatoms. The number of amides is 2. The minimum absolute atomic E-state index is 0.156. The maximum Gasteiger partial charge on any atom is 0.268 e. The van der Waals surface area contributed by atoms with Crippen LogP contribution in [0, 0.1) is 0 Å². The molecule has 1 aliphatic rings. The highest BCUT2D eigenvalue weighted by Crippen LogP contribution is 2.29. The fourth-order valence-electron chi connectivity index (χ4n) is 3.95. The monoisotopic (exact) mass is 430 g/mol. The predicted molar refractivity (Wildman–Crippen MR) is 120 cm³/mol. The van der Waals surface area contributed by atoms with E-state index in [1.807, 2.05) is 48.5 Å². The maximum atomic E-state index is 13.3. The normalized spacial score (nSPS) is 15.7. The molecule has 2 aromatic heterocycles. The van der Waals surface area contributed by atoms with Gasteiger partial charge in [0.05, 0.1) is 12.2 Å². The van der Waals surface area contributed by atoms with Crippen LogP contribution in [0.15, 0.2) is 72.9 Å². The number of benzene rings is 2. The molecule has 4 aromatic rings. The zero-order valence-electron chi connectivity index (χ0n) is 16.5. The number of aromatic amines is 1. The van der Waals surface area contributed by atoms with E-state index in [9.17, 15) is 9.59 Å². The van der Waals surface area contributed by atoms with Crippen molar-refractivity contribution in [3.63, 3.8) is 0 Å². The fourth-order valence-corrected chi connectivity index (χ4v) is 4.13. The lowest BCUT2D eigenvalue weighted by Crippen LogP contribution is -2.52. The van der Waals surface area contributed by atoms with Crippen molar-refractivity contribution in [3.05, 3.63) is 94.9 Å². The van der Waals surface area contributed by atoms with Crippen LogP contribution in [0.2, 0.25) is 5.02 Å². The van der Waals surface area contributed by atoms with E-state index in [0.717, 1.165) is 27.8 Å². The lowest BCUT2D eigenvalue weighted by molar-refractivity contribution is -0.121. The number of pyridine rings is 1. The molecule has 0 bridgehead atoms. The Bertz CT molecular complexity index is 1290. The molecular formula is C24H19ClN4O2. The molecule has 3 heterocycles. The summed E-state index contributed by atoms with van der Waals surface area (Å²) in [4.78, 5) is 35.4. The molecule has 0 unspecified atom stereocenters. The van der Waals surface area contributed by atoms with Crippen LogP contribution in [-0.2, 0) is 17.8 Å². The first-order chi connectivity index (χ1) is 15.1. The second-order valence-corrected chi connectivity index (χ2v) is 7.96. The van der Waals surface area contributed by atoms with Gasteiger partial charge < -0.3 is 15.2 Å². The minimum Gasteiger partial charge on any atom is -0.351 e. The van der Waals surface area contributed by atoms with Crippen molar-refractivity contribution in [1.82, 2.24) is 15.3 Å². The van der Waals surface area contributed by atoms with Crippen LogP contribution in [-0.4, -0.2) is 27.8 Å². The summed E-state index contributed by atoms with van der Waals surface area (Å²) in [5, 5.41) is 4.34. The summed E-state index contributed by atoms with van der Waals surface area (Å²) in [6.07, 6.45) is 2.14. The number of para-hydroxylation sites is 1. The van der Waals surface area contributed by atoms with Crippen LogP contribution >= 0.6 is 11.6 Å². The molecule has 6 nitrogen and oxygen atoms in total. The van der Waals surface area contributed by atoms with E-state index in [0.29, 0.717) is 23.7 Å². The Balaban J connectivity index is 1.42. The van der Waals surface area contributed by atoms with Gasteiger partial charge in [-0.05, 0) is 48.0 Å². The average Bonchev–Trinajstić information content (AvgIpc) is 3.21. The summed E-state index contributed by atoms with van der Waals surface area (Å²) in [5.41, 5.74) is 3.84. The van der Waals surface area contributed by atoms with E-state index < -0.39 is 6.04 Å². The lowest BCUT2D eigenvalue weighted by Gasteiger charge is -2.34. The summed E-state index contributed by atoms with van der Waals surface area (Å²) in [6.45, 7) is 0.341. The van der Waals surface area contributed by atoms with E-state index in [1.165, 1.54) is 0 Å². The SMILES string of the molecule is O=C(N[C@@H]1Cc2ccccc2N(Cc2ccccn2)C1=O)c1cc2cc(Cl)ccc2[nH]1. The summed E-state index contributed by atoms with van der Waals surface area (Å²) in [7, 11) is 0. The Morgan fingerprint density at radius 1 is 1.13 bits per heavy atom. The highest BCUT2D eigenvalue weighted by Gasteiger charge is 2.34. The van der Waals surface area contributed by atoms with E-state index in [4.69, 9.17) is 11.6 Å². The number of rotatable bonds is 4. The van der Waals surface area contributed by atoms with Gasteiger partial charge in [0.25, 0.3) is 5.91 Å². The van der Waals surface area contributed by atoms with Gasteiger partial charge in [0.15, 0.2) is 0 Å². The van der Waals surface area contributed by atoms with Crippen molar-refractivity contribution in [2.24, 2.45) is 0 Å². The fraction of sp³-hybridized carbons (Fsp3) is 0.125. The molecule has 0 spiro atoms. The van der Waals surface area contributed by atoms with Crippen LogP contribution in [0.4, 0.5) is 5.69 Å². The summed E-state index contributed by atoms with van der Waals surface area (Å²) in [5.74, 6) is -0.486. The number of nitrogens with zero attached hydrogens (tertiary/aromatic N) is 2. The number of H-pyrrole nitrogens is 1. The number of aromatic nitrogens is 2. The Morgan fingerprint density at radius 2 is 1.97 bits per heavy atom. The van der Waals surface area contributed by atoms with Crippen molar-refractivity contribution in [1.29, 1.82) is 0 Å². The number of fused-ring (bicyclic) bond motifs is 2. The van der Waals surface area contributed by atoms with Gasteiger partial charge in [0.2, 0.25) is 5.91 Å². The first-order valence-electron chi connectivity index (χ1n) is 9.97. The van der Waals surface area contributed by atoms with E-state index in [2.05, 4.69) is 15.3 Å². The average molecular weight is 431 g/mol. The van der Waals surface area contributed by atoms with Gasteiger partial charge in [-0.3, -0.25) is 14.6 Å². The van der Waals surface area contributed by atoms with Gasteiger partial charge in [-0.1, -0.05) is 35.9 Å². The van der Waals surface area contributed by atoms with Crippen LogP contribution in [0.5, 0.6) is 0 Å². The summed E-state index contributed by atoms with van der Waals surface area (Å²) < 4.78 is 0. The molecule has 1 atom stereocenters. The lowest BCUT2D eigenvalue weighted by atomic mass is 9.96. The third-order valence-corrected chi connectivity index (χ3v) is 5.68. The van der Waals surface area contributed by atoms with Crippen molar-refractivity contribution in [2.45, 2.75) is 19.0 Å². The van der Waals surface area contributed by atoms with Gasteiger partial charge >= 0.3 is 0 Å². The molecule has 0 saturated heterocycles. The van der Waals surface area contributed by atoms with E-state index in [-0.39, 0.29) is 11.8 Å². The van der Waals surface area contributed by atoms with Crippen LogP contribution < -0.4 is 10.2 Å². The first-order valence-corrected chi connectivity index (χ1v) is 10.3. The Kier molecular flexibility index (Phi) is 4.92. The molecule has 31 heavy (non-hydrogen) atoms. The third kappa shape index (κ3) is 3.78. The number of carbonyl (C=O) groups is 2. The molecule has 2 N–H and O–H groups in total. The highest BCUT2D eigenvalue weighted by molar-refractivity contribution is 6.31. The molecule has 0 radical (unpaired) electrons. The van der Waals surface area contributed by atoms with Gasteiger partial charge in [-0.15, -0.1) is 0 Å². The molecule has 0 fully saturated rings. The molecule has 2 amide bonds. The Labute approximate surface area is 183 Å².